The summed E-state index contributed by atoms with van der Waals surface area (Å²) in [6.45, 7) is 0.678. The molecule has 3 N–H and O–H groups in total. The molecule has 0 aliphatic rings. The van der Waals surface area contributed by atoms with Gasteiger partial charge in [0.25, 0.3) is 0 Å². The first kappa shape index (κ1) is 15.3. The van der Waals surface area contributed by atoms with Gasteiger partial charge in [0.2, 0.25) is 5.91 Å². The van der Waals surface area contributed by atoms with Gasteiger partial charge in [-0.3, -0.25) is 4.79 Å². The number of hydrogen-bond acceptors (Lipinski definition) is 4. The lowest BCUT2D eigenvalue weighted by molar-refractivity contribution is -0.116. The first-order chi connectivity index (χ1) is 9.21. The minimum absolute atomic E-state index is 0.00393. The average molecular weight is 266 g/mol. The largest absolute Gasteiger partial charge is 0.493 e. The lowest BCUT2D eigenvalue weighted by Gasteiger charge is -2.10. The quantitative estimate of drug-likeness (QED) is 0.707. The highest BCUT2D eigenvalue weighted by Gasteiger charge is 2.07. The monoisotopic (exact) mass is 266 g/mol. The molecule has 5 nitrogen and oxygen atoms in total. The van der Waals surface area contributed by atoms with E-state index in [2.05, 4.69) is 5.32 Å². The second-order valence-electron chi connectivity index (χ2n) is 4.22. The van der Waals surface area contributed by atoms with Gasteiger partial charge < -0.3 is 20.5 Å². The molecule has 1 aromatic rings. The van der Waals surface area contributed by atoms with E-state index in [4.69, 9.17) is 15.2 Å². The van der Waals surface area contributed by atoms with Crippen molar-refractivity contribution in [1.82, 2.24) is 0 Å². The SMILES string of the molecule is COc1ccc(NC(=O)CCCCCN)cc1OC. The molecule has 0 unspecified atom stereocenters. The smallest absolute Gasteiger partial charge is 0.224 e. The maximum atomic E-state index is 11.7. The molecule has 0 aliphatic carbocycles. The van der Waals surface area contributed by atoms with Crippen LogP contribution in [0.4, 0.5) is 5.69 Å². The second kappa shape index (κ2) is 8.37. The zero-order chi connectivity index (χ0) is 14.1. The van der Waals surface area contributed by atoms with Gasteiger partial charge in [0, 0.05) is 18.2 Å². The van der Waals surface area contributed by atoms with E-state index in [1.807, 2.05) is 0 Å². The van der Waals surface area contributed by atoms with Crippen LogP contribution in [0.1, 0.15) is 25.7 Å². The van der Waals surface area contributed by atoms with Crippen LogP contribution in [0.3, 0.4) is 0 Å². The molecule has 0 heterocycles. The molecule has 0 spiro atoms. The van der Waals surface area contributed by atoms with Crippen molar-refractivity contribution in [3.63, 3.8) is 0 Å². The number of hydrogen-bond donors (Lipinski definition) is 2. The van der Waals surface area contributed by atoms with E-state index < -0.39 is 0 Å². The van der Waals surface area contributed by atoms with Gasteiger partial charge in [0.15, 0.2) is 11.5 Å². The predicted molar refractivity (Wildman–Crippen MR) is 75.7 cm³/mol. The van der Waals surface area contributed by atoms with Crippen molar-refractivity contribution in [1.29, 1.82) is 0 Å². The Morgan fingerprint density at radius 1 is 1.16 bits per heavy atom. The molecular weight excluding hydrogens is 244 g/mol. The molecule has 1 amide bonds. The fraction of sp³-hybridized carbons (Fsp3) is 0.500. The lowest BCUT2D eigenvalue weighted by Crippen LogP contribution is -2.11. The summed E-state index contributed by atoms with van der Waals surface area (Å²) in [5.74, 6) is 1.25. The van der Waals surface area contributed by atoms with Crippen molar-refractivity contribution in [2.45, 2.75) is 25.7 Å². The standard InChI is InChI=1S/C14H22N2O3/c1-18-12-8-7-11(10-13(12)19-2)16-14(17)6-4-3-5-9-15/h7-8,10H,3-6,9,15H2,1-2H3,(H,16,17). The summed E-state index contributed by atoms with van der Waals surface area (Å²) in [5.41, 5.74) is 6.11. The summed E-state index contributed by atoms with van der Waals surface area (Å²) in [4.78, 5) is 11.7. The van der Waals surface area contributed by atoms with Gasteiger partial charge in [-0.2, -0.15) is 0 Å². The first-order valence-electron chi connectivity index (χ1n) is 6.43. The molecule has 0 aliphatic heterocycles. The van der Waals surface area contributed by atoms with Crippen LogP contribution in [0.5, 0.6) is 11.5 Å². The van der Waals surface area contributed by atoms with E-state index >= 15 is 0 Å². The van der Waals surface area contributed by atoms with E-state index in [9.17, 15) is 4.79 Å². The van der Waals surface area contributed by atoms with Crippen molar-refractivity contribution in [3.05, 3.63) is 18.2 Å². The van der Waals surface area contributed by atoms with Crippen LogP contribution >= 0.6 is 0 Å². The van der Waals surface area contributed by atoms with Crippen LogP contribution in [0.25, 0.3) is 0 Å². The van der Waals surface area contributed by atoms with Crippen LogP contribution in [0, 0.1) is 0 Å². The number of benzene rings is 1. The number of anilines is 1. The summed E-state index contributed by atoms with van der Waals surface area (Å²) in [6.07, 6.45) is 3.31. The van der Waals surface area contributed by atoms with E-state index in [0.717, 1.165) is 19.3 Å². The van der Waals surface area contributed by atoms with Crippen molar-refractivity contribution in [3.8, 4) is 11.5 Å². The first-order valence-corrected chi connectivity index (χ1v) is 6.43. The van der Waals surface area contributed by atoms with Crippen LogP contribution in [0.2, 0.25) is 0 Å². The van der Waals surface area contributed by atoms with E-state index in [1.54, 1.807) is 32.4 Å². The van der Waals surface area contributed by atoms with Gasteiger partial charge in [-0.1, -0.05) is 6.42 Å². The molecule has 1 rings (SSSR count). The Balaban J connectivity index is 2.50. The third-order valence-electron chi connectivity index (χ3n) is 2.78. The molecule has 0 saturated carbocycles. The van der Waals surface area contributed by atoms with Crippen LogP contribution < -0.4 is 20.5 Å². The molecule has 19 heavy (non-hydrogen) atoms. The molecule has 0 bridgehead atoms. The van der Waals surface area contributed by atoms with Crippen molar-refractivity contribution >= 4 is 11.6 Å². The van der Waals surface area contributed by atoms with Gasteiger partial charge in [0.05, 0.1) is 14.2 Å². The zero-order valence-electron chi connectivity index (χ0n) is 11.6. The highest BCUT2D eigenvalue weighted by Crippen LogP contribution is 2.29. The Labute approximate surface area is 114 Å². The van der Waals surface area contributed by atoms with Crippen LogP contribution in [-0.2, 0) is 4.79 Å². The Morgan fingerprint density at radius 3 is 2.53 bits per heavy atom. The number of rotatable bonds is 8. The Morgan fingerprint density at radius 2 is 1.89 bits per heavy atom. The summed E-state index contributed by atoms with van der Waals surface area (Å²) in [6, 6.07) is 5.30. The summed E-state index contributed by atoms with van der Waals surface area (Å²) >= 11 is 0. The summed E-state index contributed by atoms with van der Waals surface area (Å²) < 4.78 is 10.3. The minimum atomic E-state index is 0.00393. The number of nitrogens with one attached hydrogen (secondary N) is 1. The van der Waals surface area contributed by atoms with Crippen LogP contribution in [-0.4, -0.2) is 26.7 Å². The molecule has 0 atom stereocenters. The van der Waals surface area contributed by atoms with Gasteiger partial charge in [-0.05, 0) is 31.5 Å². The third-order valence-corrected chi connectivity index (χ3v) is 2.78. The third kappa shape index (κ3) is 5.18. The molecule has 1 aromatic carbocycles. The van der Waals surface area contributed by atoms with Gasteiger partial charge >= 0.3 is 0 Å². The fourth-order valence-corrected chi connectivity index (χ4v) is 1.74. The Hall–Kier alpha value is -1.75. The number of carbonyl (C=O) groups excluding carboxylic acids is 1. The highest BCUT2D eigenvalue weighted by atomic mass is 16.5. The Bertz CT molecular complexity index is 408. The normalized spacial score (nSPS) is 10.1. The summed E-state index contributed by atoms with van der Waals surface area (Å²) in [7, 11) is 3.14. The molecular formula is C14H22N2O3. The summed E-state index contributed by atoms with van der Waals surface area (Å²) in [5, 5.41) is 2.84. The average Bonchev–Trinajstić information content (AvgIpc) is 2.43. The van der Waals surface area contributed by atoms with E-state index in [-0.39, 0.29) is 5.91 Å². The number of amides is 1. The van der Waals surface area contributed by atoms with E-state index in [1.165, 1.54) is 0 Å². The number of carbonyl (C=O) groups is 1. The maximum Gasteiger partial charge on any atom is 0.224 e. The lowest BCUT2D eigenvalue weighted by atomic mass is 10.2. The topological polar surface area (TPSA) is 73.6 Å². The van der Waals surface area contributed by atoms with Crippen molar-refractivity contribution in [2.75, 3.05) is 26.1 Å². The Kier molecular flexibility index (Phi) is 6.74. The van der Waals surface area contributed by atoms with Gasteiger partial charge in [-0.15, -0.1) is 0 Å². The van der Waals surface area contributed by atoms with Gasteiger partial charge in [0.1, 0.15) is 0 Å². The molecule has 0 fully saturated rings. The van der Waals surface area contributed by atoms with Gasteiger partial charge in [-0.25, -0.2) is 0 Å². The number of methoxy groups -OCH3 is 2. The highest BCUT2D eigenvalue weighted by molar-refractivity contribution is 5.91. The van der Waals surface area contributed by atoms with Crippen molar-refractivity contribution in [2.24, 2.45) is 5.73 Å². The number of nitrogens with two attached hydrogens (primary N) is 1. The molecule has 0 aromatic heterocycles. The van der Waals surface area contributed by atoms with Crippen molar-refractivity contribution < 1.29 is 14.3 Å². The van der Waals surface area contributed by atoms with E-state index in [0.29, 0.717) is 30.2 Å². The molecule has 0 saturated heterocycles. The molecule has 106 valence electrons. The number of unbranched alkanes of at least 4 members (excludes halogenated alkanes) is 2. The minimum Gasteiger partial charge on any atom is -0.493 e. The molecule has 0 radical (unpaired) electrons. The maximum absolute atomic E-state index is 11.7. The second-order valence-corrected chi connectivity index (χ2v) is 4.22. The fourth-order valence-electron chi connectivity index (χ4n) is 1.74. The zero-order valence-corrected chi connectivity index (χ0v) is 11.6. The number of ether oxygens (including phenoxy) is 2. The predicted octanol–water partition coefficient (Wildman–Crippen LogP) is 2.16. The van der Waals surface area contributed by atoms with Crippen LogP contribution in [0.15, 0.2) is 18.2 Å². The molecule has 5 heteroatoms.